The number of nitrogens with zero attached hydrogens (tertiary/aromatic N) is 4. The van der Waals surface area contributed by atoms with Crippen LogP contribution in [0.4, 0.5) is 5.69 Å². The van der Waals surface area contributed by atoms with Gasteiger partial charge in [-0.25, -0.2) is 0 Å². The van der Waals surface area contributed by atoms with Gasteiger partial charge in [-0.15, -0.1) is 70.9 Å². The number of aromatic nitrogens is 4. The summed E-state index contributed by atoms with van der Waals surface area (Å²) in [5.41, 5.74) is 11.2. The Bertz CT molecular complexity index is 1910. The molecule has 0 radical (unpaired) electrons. The molecule has 0 saturated carbocycles. The van der Waals surface area contributed by atoms with E-state index < -0.39 is 0 Å². The molecular formula is C37H26N5Os-2. The molecule has 0 spiro atoms. The Hall–Kier alpha value is -5.26. The standard InChI is InChI=1S/C13H8N.C12H8N2.C11H9N2.CH.Os/c1-2-6-12-10(4-1)7-8-11-5-3-9-14-13(11)12;1-3-9-5-6-10-4-2-8-14-12(10)11(9)13-7-1;12-10-6-7-13-11(8-10)9-4-2-1-3-5-9;;/h1-5,7-9H;1-8H;1-4,6-8H,(H2,12,13);1H;/q-1;;-1;;. The van der Waals surface area contributed by atoms with Crippen molar-refractivity contribution in [2.45, 2.75) is 0 Å². The van der Waals surface area contributed by atoms with Gasteiger partial charge in [0.25, 0.3) is 0 Å². The Kier molecular flexibility index (Phi) is 9.91. The van der Waals surface area contributed by atoms with Crippen LogP contribution in [-0.2, 0) is 17.9 Å². The van der Waals surface area contributed by atoms with E-state index in [9.17, 15) is 0 Å². The molecule has 0 aliphatic heterocycles. The zero-order chi connectivity index (χ0) is 29.9. The van der Waals surface area contributed by atoms with Crippen LogP contribution in [-0.4, -0.2) is 19.9 Å². The van der Waals surface area contributed by atoms with Crippen molar-refractivity contribution in [1.82, 2.24) is 19.9 Å². The van der Waals surface area contributed by atoms with Crippen molar-refractivity contribution in [2.75, 3.05) is 5.73 Å². The van der Waals surface area contributed by atoms with Crippen LogP contribution >= 0.6 is 0 Å². The van der Waals surface area contributed by atoms with E-state index in [4.69, 9.17) is 5.73 Å². The van der Waals surface area contributed by atoms with Crippen LogP contribution in [0.2, 0.25) is 0 Å². The maximum atomic E-state index is 5.64. The van der Waals surface area contributed by atoms with Crippen molar-refractivity contribution >= 4 is 49.2 Å². The molecule has 43 heavy (non-hydrogen) atoms. The third-order valence-electron chi connectivity index (χ3n) is 6.52. The first-order chi connectivity index (χ1) is 21.3. The van der Waals surface area contributed by atoms with Crippen LogP contribution in [0.25, 0.3) is 54.7 Å². The minimum absolute atomic E-state index is 0.724. The third-order valence-corrected chi connectivity index (χ3v) is 6.52. The monoisotopic (exact) mass is 732 g/mol. The van der Waals surface area contributed by atoms with Gasteiger partial charge in [0, 0.05) is 41.2 Å². The first-order valence-electron chi connectivity index (χ1n) is 13.4. The van der Waals surface area contributed by atoms with E-state index in [1.54, 1.807) is 24.7 Å². The Morgan fingerprint density at radius 2 is 1.07 bits per heavy atom. The molecule has 209 valence electrons. The van der Waals surface area contributed by atoms with Crippen LogP contribution < -0.4 is 5.73 Å². The molecule has 0 unspecified atom stereocenters. The van der Waals surface area contributed by atoms with Crippen molar-refractivity contribution in [3.8, 4) is 16.1 Å². The van der Waals surface area contributed by atoms with Gasteiger partial charge in [0.2, 0.25) is 0 Å². The number of nitrogens with two attached hydrogens (primary N) is 1. The number of hydrogen-bond donors (Lipinski definition) is 1. The summed E-state index contributed by atoms with van der Waals surface area (Å²) >= 11 is 1.36. The zero-order valence-corrected chi connectivity index (χ0v) is 25.6. The number of anilines is 1. The molecule has 0 bridgehead atoms. The molecule has 4 aromatic heterocycles. The van der Waals surface area contributed by atoms with Crippen LogP contribution in [0.1, 0.15) is 0 Å². The molecule has 4 heterocycles. The SMILES string of the molecule is Nc1ccnc(-c2[c-]cccc2)c1.[CH]#[Os].[c-]1cccc2ccc3cccnc3c12.c1cnc2c(c1)ccc1cccnc12. The van der Waals surface area contributed by atoms with E-state index >= 15 is 0 Å². The van der Waals surface area contributed by atoms with Crippen molar-refractivity contribution in [1.29, 1.82) is 0 Å². The number of rotatable bonds is 1. The van der Waals surface area contributed by atoms with E-state index in [2.05, 4.69) is 85.5 Å². The van der Waals surface area contributed by atoms with Gasteiger partial charge < -0.3 is 15.7 Å². The van der Waals surface area contributed by atoms with Gasteiger partial charge in [0.1, 0.15) is 0 Å². The predicted molar refractivity (Wildman–Crippen MR) is 173 cm³/mol. The number of fused-ring (bicyclic) bond motifs is 6. The number of hydrogen-bond acceptors (Lipinski definition) is 5. The normalized spacial score (nSPS) is 10.1. The van der Waals surface area contributed by atoms with E-state index in [-0.39, 0.29) is 0 Å². The Morgan fingerprint density at radius 1 is 0.512 bits per heavy atom. The predicted octanol–water partition coefficient (Wildman–Crippen LogP) is 8.22. The molecule has 0 aliphatic carbocycles. The Balaban J connectivity index is 0.000000125. The summed E-state index contributed by atoms with van der Waals surface area (Å²) in [6, 6.07) is 44.0. The number of pyridine rings is 4. The maximum absolute atomic E-state index is 5.64. The molecule has 8 aromatic rings. The molecule has 0 atom stereocenters. The number of nitrogen functional groups attached to an aromatic ring is 1. The molecule has 0 aliphatic rings. The third kappa shape index (κ3) is 7.15. The van der Waals surface area contributed by atoms with E-state index in [1.165, 1.54) is 28.7 Å². The van der Waals surface area contributed by atoms with Gasteiger partial charge in [-0.2, -0.15) is 0 Å². The average molecular weight is 731 g/mol. The van der Waals surface area contributed by atoms with Crippen LogP contribution in [0, 0.1) is 17.0 Å². The average Bonchev–Trinajstić information content (AvgIpc) is 3.10. The molecule has 6 heteroatoms. The van der Waals surface area contributed by atoms with Gasteiger partial charge in [0.05, 0.1) is 11.0 Å². The van der Waals surface area contributed by atoms with Gasteiger partial charge in [-0.3, -0.25) is 9.97 Å². The summed E-state index contributed by atoms with van der Waals surface area (Å²) in [5.74, 6) is 0. The first-order valence-corrected chi connectivity index (χ1v) is 14.8. The van der Waals surface area contributed by atoms with E-state index in [0.29, 0.717) is 0 Å². The van der Waals surface area contributed by atoms with Gasteiger partial charge in [-0.05, 0) is 40.9 Å². The molecule has 0 amide bonds. The smallest absolute Gasteiger partial charge is 0.0964 e. The minimum atomic E-state index is 0.724. The van der Waals surface area contributed by atoms with Gasteiger partial charge in [-0.1, -0.05) is 48.5 Å². The molecule has 8 rings (SSSR count). The molecule has 0 saturated heterocycles. The summed E-state index contributed by atoms with van der Waals surface area (Å²) in [5, 5.41) is 5.74. The molecule has 5 nitrogen and oxygen atoms in total. The molecular weight excluding hydrogens is 705 g/mol. The summed E-state index contributed by atoms with van der Waals surface area (Å²) in [6.07, 6.45) is 7.13. The Labute approximate surface area is 260 Å². The molecule has 4 aromatic carbocycles. The maximum Gasteiger partial charge on any atom is 0.0964 e. The quantitative estimate of drug-likeness (QED) is 0.136. The molecule has 0 fully saturated rings. The summed E-state index contributed by atoms with van der Waals surface area (Å²) in [4.78, 5) is 21.8. The minimum Gasteiger partial charge on any atom is -0.304 e. The fourth-order valence-corrected chi connectivity index (χ4v) is 4.56. The second kappa shape index (κ2) is 14.6. The van der Waals surface area contributed by atoms with Crippen molar-refractivity contribution < 1.29 is 17.9 Å². The van der Waals surface area contributed by atoms with Gasteiger partial charge in [0.15, 0.2) is 0 Å². The van der Waals surface area contributed by atoms with E-state index in [1.807, 2.05) is 66.9 Å². The Morgan fingerprint density at radius 3 is 1.67 bits per heavy atom. The van der Waals surface area contributed by atoms with Crippen molar-refractivity contribution in [3.63, 3.8) is 0 Å². The second-order valence-corrected chi connectivity index (χ2v) is 9.24. The van der Waals surface area contributed by atoms with Crippen molar-refractivity contribution in [2.24, 2.45) is 0 Å². The van der Waals surface area contributed by atoms with Crippen LogP contribution in [0.3, 0.4) is 0 Å². The number of benzene rings is 4. The summed E-state index contributed by atoms with van der Waals surface area (Å²) in [6.45, 7) is 0. The van der Waals surface area contributed by atoms with Crippen molar-refractivity contribution in [3.05, 3.63) is 152 Å². The first kappa shape index (κ1) is 29.2. The topological polar surface area (TPSA) is 77.6 Å². The van der Waals surface area contributed by atoms with E-state index in [0.717, 1.165) is 49.7 Å². The van der Waals surface area contributed by atoms with Crippen LogP contribution in [0.5, 0.6) is 0 Å². The van der Waals surface area contributed by atoms with Gasteiger partial charge >= 0.3 is 22.8 Å². The summed E-state index contributed by atoms with van der Waals surface area (Å²) < 4.78 is 0. The summed E-state index contributed by atoms with van der Waals surface area (Å²) in [7, 11) is 0. The molecule has 2 N–H and O–H groups in total. The van der Waals surface area contributed by atoms with Crippen LogP contribution in [0.15, 0.2) is 140 Å². The largest absolute Gasteiger partial charge is 0.304 e. The fraction of sp³-hybridized carbons (Fsp3) is 0. The fourth-order valence-electron chi connectivity index (χ4n) is 4.56. The zero-order valence-electron chi connectivity index (χ0n) is 23.1. The second-order valence-electron chi connectivity index (χ2n) is 9.24.